The van der Waals surface area contributed by atoms with E-state index < -0.39 is 0 Å². The monoisotopic (exact) mass is 419 g/mol. The van der Waals surface area contributed by atoms with Crippen LogP contribution in [-0.4, -0.2) is 31.4 Å². The smallest absolute Gasteiger partial charge is 0.230 e. The molecule has 0 radical (unpaired) electrons. The van der Waals surface area contributed by atoms with Crippen molar-refractivity contribution in [3.05, 3.63) is 59.7 Å². The SMILES string of the molecule is CC[C@H](NC(=O)CSc1nnc2c3ccccc3n(CC)c2n1)c1ccc(C)cc1. The maximum atomic E-state index is 12.5. The molecule has 0 unspecified atom stereocenters. The molecule has 0 aliphatic heterocycles. The van der Waals surface area contributed by atoms with E-state index in [9.17, 15) is 4.79 Å². The van der Waals surface area contributed by atoms with Crippen molar-refractivity contribution in [3.8, 4) is 0 Å². The van der Waals surface area contributed by atoms with Crippen molar-refractivity contribution in [3.63, 3.8) is 0 Å². The number of thioether (sulfide) groups is 1. The second kappa shape index (κ2) is 8.83. The van der Waals surface area contributed by atoms with Crippen molar-refractivity contribution in [2.24, 2.45) is 0 Å². The number of amides is 1. The molecule has 2 aromatic carbocycles. The standard InChI is InChI=1S/C23H25N5OS/c1-4-18(16-12-10-15(3)11-13-16)24-20(29)14-30-23-25-22-21(26-27-23)17-8-6-7-9-19(17)28(22)5-2/h6-13,18H,4-5,14H2,1-3H3,(H,24,29)/t18-/m0/s1. The Balaban J connectivity index is 1.48. The lowest BCUT2D eigenvalue weighted by Crippen LogP contribution is -2.29. The Kier molecular flexibility index (Phi) is 5.99. The fourth-order valence-corrected chi connectivity index (χ4v) is 4.25. The van der Waals surface area contributed by atoms with Crippen LogP contribution >= 0.6 is 11.8 Å². The number of rotatable bonds is 7. The zero-order valence-corrected chi connectivity index (χ0v) is 18.2. The van der Waals surface area contributed by atoms with Crippen molar-refractivity contribution >= 4 is 39.7 Å². The molecule has 30 heavy (non-hydrogen) atoms. The maximum absolute atomic E-state index is 12.5. The van der Waals surface area contributed by atoms with Gasteiger partial charge >= 0.3 is 0 Å². The van der Waals surface area contributed by atoms with Crippen LogP contribution in [0.15, 0.2) is 53.7 Å². The van der Waals surface area contributed by atoms with Gasteiger partial charge in [-0.05, 0) is 31.9 Å². The van der Waals surface area contributed by atoms with Crippen LogP contribution in [0.5, 0.6) is 0 Å². The van der Waals surface area contributed by atoms with Gasteiger partial charge < -0.3 is 9.88 Å². The fourth-order valence-electron chi connectivity index (χ4n) is 3.66. The number of aromatic nitrogens is 4. The zero-order valence-electron chi connectivity index (χ0n) is 17.4. The Labute approximate surface area is 180 Å². The number of nitrogens with one attached hydrogen (secondary N) is 1. The van der Waals surface area contributed by atoms with Gasteiger partial charge in [0.05, 0.1) is 17.3 Å². The van der Waals surface area contributed by atoms with Gasteiger partial charge in [-0.25, -0.2) is 4.98 Å². The van der Waals surface area contributed by atoms with E-state index in [0.29, 0.717) is 5.16 Å². The summed E-state index contributed by atoms with van der Waals surface area (Å²) in [6.07, 6.45) is 0.833. The Morgan fingerprint density at radius 1 is 1.10 bits per heavy atom. The van der Waals surface area contributed by atoms with E-state index in [1.165, 1.54) is 17.3 Å². The summed E-state index contributed by atoms with van der Waals surface area (Å²) in [6, 6.07) is 16.4. The Bertz CT molecular complexity index is 1190. The van der Waals surface area contributed by atoms with Gasteiger partial charge in [0.1, 0.15) is 5.52 Å². The number of aryl methyl sites for hydroxylation is 2. The molecule has 7 heteroatoms. The van der Waals surface area contributed by atoms with E-state index in [4.69, 9.17) is 4.98 Å². The van der Waals surface area contributed by atoms with Crippen LogP contribution in [0.4, 0.5) is 0 Å². The van der Waals surface area contributed by atoms with Crippen molar-refractivity contribution in [1.29, 1.82) is 0 Å². The summed E-state index contributed by atoms with van der Waals surface area (Å²) in [5.41, 5.74) is 5.03. The second-order valence-corrected chi connectivity index (χ2v) is 8.20. The van der Waals surface area contributed by atoms with Crippen molar-refractivity contribution in [1.82, 2.24) is 25.1 Å². The predicted molar refractivity (Wildman–Crippen MR) is 122 cm³/mol. The van der Waals surface area contributed by atoms with Gasteiger partial charge in [-0.1, -0.05) is 66.7 Å². The topological polar surface area (TPSA) is 72.7 Å². The molecular weight excluding hydrogens is 394 g/mol. The predicted octanol–water partition coefficient (Wildman–Crippen LogP) is 4.67. The highest BCUT2D eigenvalue weighted by atomic mass is 32.2. The Hall–Kier alpha value is -2.93. The van der Waals surface area contributed by atoms with E-state index in [2.05, 4.69) is 71.2 Å². The van der Waals surface area contributed by atoms with Crippen molar-refractivity contribution < 1.29 is 4.79 Å². The number of hydrogen-bond acceptors (Lipinski definition) is 5. The van der Waals surface area contributed by atoms with E-state index >= 15 is 0 Å². The molecule has 1 N–H and O–H groups in total. The molecule has 2 aromatic heterocycles. The molecule has 1 amide bonds. The molecule has 154 valence electrons. The molecule has 4 aromatic rings. The third-order valence-electron chi connectivity index (χ3n) is 5.23. The number of fused-ring (bicyclic) bond motifs is 3. The van der Waals surface area contributed by atoms with Gasteiger partial charge in [0.2, 0.25) is 11.1 Å². The van der Waals surface area contributed by atoms with Gasteiger partial charge in [-0.15, -0.1) is 10.2 Å². The van der Waals surface area contributed by atoms with Gasteiger partial charge in [0.25, 0.3) is 0 Å². The second-order valence-electron chi connectivity index (χ2n) is 7.26. The normalized spacial score (nSPS) is 12.4. The Morgan fingerprint density at radius 2 is 1.87 bits per heavy atom. The van der Waals surface area contributed by atoms with Gasteiger partial charge in [-0.3, -0.25) is 4.79 Å². The van der Waals surface area contributed by atoms with Gasteiger partial charge in [-0.2, -0.15) is 0 Å². The molecule has 0 saturated heterocycles. The average Bonchev–Trinajstić information content (AvgIpc) is 3.09. The summed E-state index contributed by atoms with van der Waals surface area (Å²) in [5.74, 6) is 0.217. The van der Waals surface area contributed by atoms with E-state index in [0.717, 1.165) is 40.6 Å². The number of nitrogens with zero attached hydrogens (tertiary/aromatic N) is 4. The third-order valence-corrected chi connectivity index (χ3v) is 6.06. The summed E-state index contributed by atoms with van der Waals surface area (Å²) in [5, 5.41) is 13.3. The number of para-hydroxylation sites is 1. The van der Waals surface area contributed by atoms with Crippen LogP contribution in [0.3, 0.4) is 0 Å². The summed E-state index contributed by atoms with van der Waals surface area (Å²) in [6.45, 7) is 7.01. The number of hydrogen-bond donors (Lipinski definition) is 1. The lowest BCUT2D eigenvalue weighted by atomic mass is 10.0. The highest BCUT2D eigenvalue weighted by Crippen LogP contribution is 2.27. The van der Waals surface area contributed by atoms with Crippen LogP contribution in [0, 0.1) is 6.92 Å². The van der Waals surface area contributed by atoms with Crippen LogP contribution in [-0.2, 0) is 11.3 Å². The quantitative estimate of drug-likeness (QED) is 0.441. The van der Waals surface area contributed by atoms with Crippen molar-refractivity contribution in [2.45, 2.75) is 44.9 Å². The first kappa shape index (κ1) is 20.3. The molecule has 0 aliphatic carbocycles. The van der Waals surface area contributed by atoms with Crippen LogP contribution in [0.1, 0.15) is 37.4 Å². The number of carbonyl (C=O) groups excluding carboxylic acids is 1. The molecule has 0 aliphatic rings. The minimum absolute atomic E-state index is 0.00264. The molecule has 4 rings (SSSR count). The highest BCUT2D eigenvalue weighted by Gasteiger charge is 2.16. The van der Waals surface area contributed by atoms with Crippen LogP contribution < -0.4 is 5.32 Å². The molecule has 0 saturated carbocycles. The minimum atomic E-state index is -0.0350. The molecule has 2 heterocycles. The molecule has 1 atom stereocenters. The zero-order chi connectivity index (χ0) is 21.1. The molecule has 0 spiro atoms. The van der Waals surface area contributed by atoms with Crippen LogP contribution in [0.25, 0.3) is 22.1 Å². The summed E-state index contributed by atoms with van der Waals surface area (Å²) in [7, 11) is 0. The summed E-state index contributed by atoms with van der Waals surface area (Å²) in [4.78, 5) is 17.2. The van der Waals surface area contributed by atoms with E-state index in [-0.39, 0.29) is 17.7 Å². The fraction of sp³-hybridized carbons (Fsp3) is 0.304. The average molecular weight is 420 g/mol. The highest BCUT2D eigenvalue weighted by molar-refractivity contribution is 7.99. The summed E-state index contributed by atoms with van der Waals surface area (Å²) >= 11 is 1.31. The van der Waals surface area contributed by atoms with E-state index in [1.807, 2.05) is 18.2 Å². The molecule has 0 bridgehead atoms. The minimum Gasteiger partial charge on any atom is -0.349 e. The third kappa shape index (κ3) is 4.03. The number of benzene rings is 2. The van der Waals surface area contributed by atoms with Gasteiger partial charge in [0, 0.05) is 11.9 Å². The van der Waals surface area contributed by atoms with Gasteiger partial charge in [0.15, 0.2) is 5.65 Å². The Morgan fingerprint density at radius 3 is 2.60 bits per heavy atom. The van der Waals surface area contributed by atoms with Crippen LogP contribution in [0.2, 0.25) is 0 Å². The molecule has 0 fully saturated rings. The first-order chi connectivity index (χ1) is 14.6. The first-order valence-electron chi connectivity index (χ1n) is 10.2. The molecular formula is C23H25N5OS. The van der Waals surface area contributed by atoms with Crippen molar-refractivity contribution in [2.75, 3.05) is 5.75 Å². The number of carbonyl (C=O) groups is 1. The summed E-state index contributed by atoms with van der Waals surface area (Å²) < 4.78 is 2.13. The maximum Gasteiger partial charge on any atom is 0.230 e. The molecule has 6 nitrogen and oxygen atoms in total. The lowest BCUT2D eigenvalue weighted by molar-refractivity contribution is -0.119. The lowest BCUT2D eigenvalue weighted by Gasteiger charge is -2.17. The van der Waals surface area contributed by atoms with E-state index in [1.54, 1.807) is 0 Å². The first-order valence-corrected chi connectivity index (χ1v) is 11.2. The largest absolute Gasteiger partial charge is 0.349 e.